The van der Waals surface area contributed by atoms with E-state index in [0.29, 0.717) is 6.04 Å². The zero-order valence-electron chi connectivity index (χ0n) is 9.79. The number of ether oxygens (including phenoxy) is 1. The van der Waals surface area contributed by atoms with Crippen LogP contribution in [-0.2, 0) is 0 Å². The van der Waals surface area contributed by atoms with Crippen molar-refractivity contribution in [1.82, 2.24) is 5.32 Å². The molecule has 0 aromatic heterocycles. The summed E-state index contributed by atoms with van der Waals surface area (Å²) in [5, 5.41) is 3.45. The van der Waals surface area contributed by atoms with Gasteiger partial charge in [-0.1, -0.05) is 6.92 Å². The molecule has 0 radical (unpaired) electrons. The molecule has 1 aliphatic heterocycles. The first-order valence-corrected chi connectivity index (χ1v) is 5.79. The Kier molecular flexibility index (Phi) is 3.44. The van der Waals surface area contributed by atoms with Crippen LogP contribution in [0.1, 0.15) is 31.2 Å². The summed E-state index contributed by atoms with van der Waals surface area (Å²) in [6.45, 7) is 3.19. The van der Waals surface area contributed by atoms with Gasteiger partial charge in [-0.25, -0.2) is 4.39 Å². The maximum Gasteiger partial charge on any atom is 0.123 e. The Hall–Kier alpha value is -1.09. The molecule has 2 atom stereocenters. The van der Waals surface area contributed by atoms with Gasteiger partial charge in [0.25, 0.3) is 0 Å². The zero-order valence-corrected chi connectivity index (χ0v) is 9.79. The van der Waals surface area contributed by atoms with E-state index in [1.54, 1.807) is 19.2 Å². The third kappa shape index (κ3) is 2.19. The molecule has 1 fully saturated rings. The number of hydrogen-bond donors (Lipinski definition) is 1. The Labute approximate surface area is 95.8 Å². The fourth-order valence-electron chi connectivity index (χ4n) is 2.42. The normalized spacial score (nSPS) is 22.1. The van der Waals surface area contributed by atoms with Crippen LogP contribution >= 0.6 is 0 Å². The topological polar surface area (TPSA) is 21.3 Å². The fourth-order valence-corrected chi connectivity index (χ4v) is 2.42. The van der Waals surface area contributed by atoms with Crippen molar-refractivity contribution in [2.24, 2.45) is 0 Å². The fraction of sp³-hybridized carbons (Fsp3) is 0.538. The van der Waals surface area contributed by atoms with E-state index in [9.17, 15) is 4.39 Å². The molecule has 1 heterocycles. The van der Waals surface area contributed by atoms with Gasteiger partial charge in [-0.15, -0.1) is 0 Å². The summed E-state index contributed by atoms with van der Waals surface area (Å²) in [4.78, 5) is 0. The Morgan fingerprint density at radius 3 is 2.94 bits per heavy atom. The van der Waals surface area contributed by atoms with E-state index in [1.165, 1.54) is 12.5 Å². The Bertz CT molecular complexity index is 361. The lowest BCUT2D eigenvalue weighted by Gasteiger charge is -2.21. The van der Waals surface area contributed by atoms with Gasteiger partial charge >= 0.3 is 0 Å². The smallest absolute Gasteiger partial charge is 0.123 e. The number of halogens is 1. The van der Waals surface area contributed by atoms with E-state index < -0.39 is 0 Å². The number of nitrogens with one attached hydrogen (secondary N) is 1. The highest BCUT2D eigenvalue weighted by Gasteiger charge is 2.24. The minimum Gasteiger partial charge on any atom is -0.496 e. The molecule has 1 aromatic rings. The SMILES string of the molecule is COc1ccc(F)cc1C(C)C1CCCN1. The van der Waals surface area contributed by atoms with Crippen LogP contribution in [0.15, 0.2) is 18.2 Å². The van der Waals surface area contributed by atoms with Gasteiger partial charge in [0.05, 0.1) is 7.11 Å². The van der Waals surface area contributed by atoms with Crippen molar-refractivity contribution in [3.8, 4) is 5.75 Å². The van der Waals surface area contributed by atoms with E-state index in [2.05, 4.69) is 12.2 Å². The average Bonchev–Trinajstić information content (AvgIpc) is 2.81. The second-order valence-electron chi connectivity index (χ2n) is 4.38. The highest BCUT2D eigenvalue weighted by Crippen LogP contribution is 2.32. The minimum absolute atomic E-state index is 0.194. The van der Waals surface area contributed by atoms with Gasteiger partial charge in [0.1, 0.15) is 11.6 Å². The monoisotopic (exact) mass is 223 g/mol. The molecule has 3 heteroatoms. The van der Waals surface area contributed by atoms with Gasteiger partial charge < -0.3 is 10.1 Å². The number of benzene rings is 1. The van der Waals surface area contributed by atoms with Crippen LogP contribution in [0.25, 0.3) is 0 Å². The lowest BCUT2D eigenvalue weighted by molar-refractivity contribution is 0.397. The lowest BCUT2D eigenvalue weighted by Crippen LogP contribution is -2.27. The standard InChI is InChI=1S/C13H18FNO/c1-9(12-4-3-7-15-12)11-8-10(14)5-6-13(11)16-2/h5-6,8-9,12,15H,3-4,7H2,1-2H3. The highest BCUT2D eigenvalue weighted by molar-refractivity contribution is 5.37. The molecular weight excluding hydrogens is 205 g/mol. The molecule has 1 aliphatic rings. The van der Waals surface area contributed by atoms with Crippen LogP contribution in [0.4, 0.5) is 4.39 Å². The first-order chi connectivity index (χ1) is 7.72. The molecule has 16 heavy (non-hydrogen) atoms. The summed E-state index contributed by atoms with van der Waals surface area (Å²) >= 11 is 0. The third-order valence-electron chi connectivity index (χ3n) is 3.38. The first kappa shape index (κ1) is 11.4. The zero-order chi connectivity index (χ0) is 11.5. The molecular formula is C13H18FNO. The predicted molar refractivity (Wildman–Crippen MR) is 62.4 cm³/mol. The van der Waals surface area contributed by atoms with Gasteiger partial charge in [-0.2, -0.15) is 0 Å². The minimum atomic E-state index is -0.194. The van der Waals surface area contributed by atoms with Crippen LogP contribution in [0, 0.1) is 5.82 Å². The van der Waals surface area contributed by atoms with Crippen molar-refractivity contribution in [2.75, 3.05) is 13.7 Å². The molecule has 0 aliphatic carbocycles. The predicted octanol–water partition coefficient (Wildman–Crippen LogP) is 2.69. The van der Waals surface area contributed by atoms with E-state index in [-0.39, 0.29) is 11.7 Å². The molecule has 2 unspecified atom stereocenters. The molecule has 1 aromatic carbocycles. The summed E-state index contributed by atoms with van der Waals surface area (Å²) in [5.74, 6) is 0.872. The second kappa shape index (κ2) is 4.83. The van der Waals surface area contributed by atoms with Crippen molar-refractivity contribution in [1.29, 1.82) is 0 Å². The molecule has 2 nitrogen and oxygen atoms in total. The largest absolute Gasteiger partial charge is 0.496 e. The van der Waals surface area contributed by atoms with Crippen LogP contribution in [-0.4, -0.2) is 19.7 Å². The number of hydrogen-bond acceptors (Lipinski definition) is 2. The quantitative estimate of drug-likeness (QED) is 0.850. The van der Waals surface area contributed by atoms with E-state index in [4.69, 9.17) is 4.74 Å². The molecule has 0 spiro atoms. The van der Waals surface area contributed by atoms with Crippen LogP contribution < -0.4 is 10.1 Å². The van der Waals surface area contributed by atoms with Gasteiger partial charge in [0.2, 0.25) is 0 Å². The molecule has 0 amide bonds. The Morgan fingerprint density at radius 1 is 1.50 bits per heavy atom. The number of rotatable bonds is 3. The summed E-state index contributed by atoms with van der Waals surface area (Å²) in [5.41, 5.74) is 0.960. The maximum atomic E-state index is 13.3. The highest BCUT2D eigenvalue weighted by atomic mass is 19.1. The molecule has 88 valence electrons. The summed E-state index contributed by atoms with van der Waals surface area (Å²) in [6, 6.07) is 5.17. The van der Waals surface area contributed by atoms with Crippen LogP contribution in [0.2, 0.25) is 0 Å². The molecule has 1 N–H and O–H groups in total. The Balaban J connectivity index is 2.26. The van der Waals surface area contributed by atoms with Crippen LogP contribution in [0.5, 0.6) is 5.75 Å². The maximum absolute atomic E-state index is 13.3. The average molecular weight is 223 g/mol. The number of methoxy groups -OCH3 is 1. The first-order valence-electron chi connectivity index (χ1n) is 5.79. The van der Waals surface area contributed by atoms with E-state index >= 15 is 0 Å². The van der Waals surface area contributed by atoms with Crippen molar-refractivity contribution < 1.29 is 9.13 Å². The van der Waals surface area contributed by atoms with Crippen molar-refractivity contribution in [2.45, 2.75) is 31.7 Å². The van der Waals surface area contributed by atoms with Gasteiger partial charge in [-0.05, 0) is 37.6 Å². The van der Waals surface area contributed by atoms with Gasteiger partial charge in [-0.3, -0.25) is 0 Å². The summed E-state index contributed by atoms with van der Waals surface area (Å²) < 4.78 is 18.5. The van der Waals surface area contributed by atoms with Gasteiger partial charge in [0.15, 0.2) is 0 Å². The molecule has 0 bridgehead atoms. The molecule has 2 rings (SSSR count). The van der Waals surface area contributed by atoms with Crippen molar-refractivity contribution in [3.63, 3.8) is 0 Å². The van der Waals surface area contributed by atoms with Crippen molar-refractivity contribution >= 4 is 0 Å². The van der Waals surface area contributed by atoms with E-state index in [1.807, 2.05) is 0 Å². The molecule has 1 saturated heterocycles. The summed E-state index contributed by atoms with van der Waals surface area (Å²) in [6.07, 6.45) is 2.35. The van der Waals surface area contributed by atoms with Crippen molar-refractivity contribution in [3.05, 3.63) is 29.6 Å². The summed E-state index contributed by atoms with van der Waals surface area (Å²) in [7, 11) is 1.63. The van der Waals surface area contributed by atoms with Gasteiger partial charge in [0, 0.05) is 17.5 Å². The van der Waals surface area contributed by atoms with E-state index in [0.717, 1.165) is 24.3 Å². The molecule has 0 saturated carbocycles. The lowest BCUT2D eigenvalue weighted by atomic mass is 9.91. The third-order valence-corrected chi connectivity index (χ3v) is 3.38. The second-order valence-corrected chi connectivity index (χ2v) is 4.38. The van der Waals surface area contributed by atoms with Crippen LogP contribution in [0.3, 0.4) is 0 Å². The Morgan fingerprint density at radius 2 is 2.31 bits per heavy atom.